The van der Waals surface area contributed by atoms with Crippen molar-refractivity contribution in [2.75, 3.05) is 11.1 Å². The van der Waals surface area contributed by atoms with E-state index >= 15 is 0 Å². The van der Waals surface area contributed by atoms with Crippen molar-refractivity contribution in [2.45, 2.75) is 39.1 Å². The monoisotopic (exact) mass is 393 g/mol. The van der Waals surface area contributed by atoms with Crippen LogP contribution in [0.2, 0.25) is 0 Å². The van der Waals surface area contributed by atoms with Crippen LogP contribution in [0.1, 0.15) is 33.7 Å². The highest BCUT2D eigenvalue weighted by Gasteiger charge is 2.20. The number of rotatable bonds is 6. The number of benzene rings is 1. The van der Waals surface area contributed by atoms with Crippen LogP contribution in [-0.4, -0.2) is 16.2 Å². The lowest BCUT2D eigenvalue weighted by atomic mass is 10.2. The largest absolute Gasteiger partial charge is 0.467 e. The predicted octanol–water partition coefficient (Wildman–Crippen LogP) is 4.97. The summed E-state index contributed by atoms with van der Waals surface area (Å²) in [5, 5.41) is 12.6. The van der Waals surface area contributed by atoms with Crippen molar-refractivity contribution in [3.63, 3.8) is 0 Å². The standard InChI is InChI=1S/C22H23N3O2S/c1-14-7-8-15(2)20(10-14)28-13-21(26)24-22-19(11-23)16(3)17(4)25(22)12-18-6-5-9-27-18/h5-10H,12-13H2,1-4H3,(H,24,26). The molecule has 2 aromatic heterocycles. The normalized spacial score (nSPS) is 10.7. The van der Waals surface area contributed by atoms with Crippen LogP contribution in [0.3, 0.4) is 0 Å². The Morgan fingerprint density at radius 2 is 2.04 bits per heavy atom. The van der Waals surface area contributed by atoms with Gasteiger partial charge in [-0.05, 0) is 57.0 Å². The molecule has 0 aliphatic carbocycles. The second-order valence-electron chi connectivity index (χ2n) is 6.82. The molecule has 3 aromatic rings. The van der Waals surface area contributed by atoms with Crippen molar-refractivity contribution in [1.82, 2.24) is 4.57 Å². The zero-order valence-corrected chi connectivity index (χ0v) is 17.3. The quantitative estimate of drug-likeness (QED) is 0.601. The summed E-state index contributed by atoms with van der Waals surface area (Å²) >= 11 is 1.50. The van der Waals surface area contributed by atoms with Gasteiger partial charge in [0.15, 0.2) is 0 Å². The van der Waals surface area contributed by atoms with Gasteiger partial charge in [-0.1, -0.05) is 17.7 Å². The summed E-state index contributed by atoms with van der Waals surface area (Å²) in [6.45, 7) is 8.37. The minimum atomic E-state index is -0.138. The number of aromatic nitrogens is 1. The van der Waals surface area contributed by atoms with Crippen LogP contribution in [0.4, 0.5) is 5.82 Å². The van der Waals surface area contributed by atoms with E-state index in [4.69, 9.17) is 4.42 Å². The lowest BCUT2D eigenvalue weighted by Gasteiger charge is -2.12. The molecule has 6 heteroatoms. The fourth-order valence-electron chi connectivity index (χ4n) is 3.06. The molecule has 28 heavy (non-hydrogen) atoms. The minimum Gasteiger partial charge on any atom is -0.467 e. The summed E-state index contributed by atoms with van der Waals surface area (Å²) in [6, 6.07) is 12.1. The molecule has 144 valence electrons. The molecule has 0 unspecified atom stereocenters. The van der Waals surface area contributed by atoms with E-state index in [0.717, 1.165) is 27.5 Å². The topological polar surface area (TPSA) is 71.0 Å². The third-order valence-corrected chi connectivity index (χ3v) is 5.95. The summed E-state index contributed by atoms with van der Waals surface area (Å²) in [5.41, 5.74) is 4.61. The molecule has 2 heterocycles. The van der Waals surface area contributed by atoms with E-state index < -0.39 is 0 Å². The third kappa shape index (κ3) is 4.15. The van der Waals surface area contributed by atoms with E-state index in [1.54, 1.807) is 6.26 Å². The maximum atomic E-state index is 12.6. The number of amides is 1. The fourth-order valence-corrected chi connectivity index (χ4v) is 3.98. The van der Waals surface area contributed by atoms with E-state index in [2.05, 4.69) is 29.6 Å². The highest BCUT2D eigenvalue weighted by atomic mass is 32.2. The minimum absolute atomic E-state index is 0.138. The van der Waals surface area contributed by atoms with Crippen LogP contribution >= 0.6 is 11.8 Å². The van der Waals surface area contributed by atoms with E-state index in [0.29, 0.717) is 17.9 Å². The molecule has 0 spiro atoms. The lowest BCUT2D eigenvalue weighted by Crippen LogP contribution is -2.18. The predicted molar refractivity (Wildman–Crippen MR) is 112 cm³/mol. The number of nitrogens with zero attached hydrogens (tertiary/aromatic N) is 2. The first-order valence-electron chi connectivity index (χ1n) is 9.02. The number of anilines is 1. The number of hydrogen-bond acceptors (Lipinski definition) is 4. The maximum absolute atomic E-state index is 12.6. The summed E-state index contributed by atoms with van der Waals surface area (Å²) in [5.74, 6) is 1.43. The fraction of sp³-hybridized carbons (Fsp3) is 0.273. The van der Waals surface area contributed by atoms with Crippen molar-refractivity contribution < 1.29 is 9.21 Å². The first-order valence-corrected chi connectivity index (χ1v) is 10.0. The second kappa shape index (κ2) is 8.41. The van der Waals surface area contributed by atoms with Gasteiger partial charge in [0.1, 0.15) is 17.6 Å². The van der Waals surface area contributed by atoms with E-state index in [9.17, 15) is 10.1 Å². The molecule has 1 N–H and O–H groups in total. The molecule has 1 aromatic carbocycles. The number of carbonyl (C=O) groups is 1. The van der Waals surface area contributed by atoms with Gasteiger partial charge < -0.3 is 14.3 Å². The molecule has 0 radical (unpaired) electrons. The van der Waals surface area contributed by atoms with Crippen LogP contribution in [0.5, 0.6) is 0 Å². The zero-order valence-electron chi connectivity index (χ0n) is 16.5. The number of nitriles is 1. The van der Waals surface area contributed by atoms with Crippen LogP contribution < -0.4 is 5.32 Å². The molecule has 0 atom stereocenters. The Kier molecular flexibility index (Phi) is 5.96. The van der Waals surface area contributed by atoms with Crippen LogP contribution in [0.15, 0.2) is 45.9 Å². The molecule has 1 amide bonds. The van der Waals surface area contributed by atoms with Crippen molar-refractivity contribution in [3.8, 4) is 6.07 Å². The second-order valence-corrected chi connectivity index (χ2v) is 7.83. The smallest absolute Gasteiger partial charge is 0.235 e. The average Bonchev–Trinajstić information content (AvgIpc) is 3.25. The summed E-state index contributed by atoms with van der Waals surface area (Å²) in [7, 11) is 0. The molecule has 0 saturated heterocycles. The molecule has 0 fully saturated rings. The van der Waals surface area contributed by atoms with Crippen LogP contribution in [0, 0.1) is 39.0 Å². The SMILES string of the molecule is Cc1ccc(C)c(SCC(=O)Nc2c(C#N)c(C)c(C)n2Cc2ccco2)c1. The Labute approximate surface area is 169 Å². The van der Waals surface area contributed by atoms with Crippen molar-refractivity contribution in [1.29, 1.82) is 5.26 Å². The number of nitrogens with one attached hydrogen (secondary N) is 1. The summed E-state index contributed by atoms with van der Waals surface area (Å²) in [6.07, 6.45) is 1.62. The van der Waals surface area contributed by atoms with E-state index in [1.807, 2.05) is 44.4 Å². The highest BCUT2D eigenvalue weighted by Crippen LogP contribution is 2.28. The first-order chi connectivity index (χ1) is 13.4. The van der Waals surface area contributed by atoms with Gasteiger partial charge in [0, 0.05) is 10.6 Å². The molecule has 5 nitrogen and oxygen atoms in total. The molecule has 0 saturated carbocycles. The Hall–Kier alpha value is -2.91. The first kappa shape index (κ1) is 19.8. The molecule has 0 aliphatic heterocycles. The summed E-state index contributed by atoms with van der Waals surface area (Å²) < 4.78 is 7.37. The number of thioether (sulfide) groups is 1. The average molecular weight is 394 g/mol. The van der Waals surface area contributed by atoms with Crippen LogP contribution in [-0.2, 0) is 11.3 Å². The van der Waals surface area contributed by atoms with Gasteiger partial charge in [0.05, 0.1) is 24.1 Å². The Bertz CT molecular complexity index is 1040. The van der Waals surface area contributed by atoms with Crippen molar-refractivity contribution in [2.24, 2.45) is 0 Å². The maximum Gasteiger partial charge on any atom is 0.235 e. The molecular formula is C22H23N3O2S. The summed E-state index contributed by atoms with van der Waals surface area (Å²) in [4.78, 5) is 13.7. The highest BCUT2D eigenvalue weighted by molar-refractivity contribution is 8.00. The van der Waals surface area contributed by atoms with Gasteiger partial charge in [0.25, 0.3) is 0 Å². The van der Waals surface area contributed by atoms with Crippen LogP contribution in [0.25, 0.3) is 0 Å². The Balaban J connectivity index is 1.80. The van der Waals surface area contributed by atoms with Gasteiger partial charge in [-0.3, -0.25) is 4.79 Å². The number of aryl methyl sites for hydroxylation is 2. The number of furan rings is 1. The van der Waals surface area contributed by atoms with Gasteiger partial charge in [0.2, 0.25) is 5.91 Å². The third-order valence-electron chi connectivity index (χ3n) is 4.80. The van der Waals surface area contributed by atoms with E-state index in [1.165, 1.54) is 17.3 Å². The van der Waals surface area contributed by atoms with Gasteiger partial charge in [-0.2, -0.15) is 5.26 Å². The molecule has 0 bridgehead atoms. The Morgan fingerprint density at radius 3 is 2.71 bits per heavy atom. The van der Waals surface area contributed by atoms with Crippen molar-refractivity contribution in [3.05, 3.63) is 70.3 Å². The molecular weight excluding hydrogens is 370 g/mol. The lowest BCUT2D eigenvalue weighted by molar-refractivity contribution is -0.113. The molecule has 0 aliphatic rings. The van der Waals surface area contributed by atoms with E-state index in [-0.39, 0.29) is 11.7 Å². The number of hydrogen-bond donors (Lipinski definition) is 1. The zero-order chi connectivity index (χ0) is 20.3. The van der Waals surface area contributed by atoms with Crippen molar-refractivity contribution >= 4 is 23.5 Å². The Morgan fingerprint density at radius 1 is 1.25 bits per heavy atom. The number of carbonyl (C=O) groups excluding carboxylic acids is 1. The van der Waals surface area contributed by atoms with Gasteiger partial charge in [-0.25, -0.2) is 0 Å². The van der Waals surface area contributed by atoms with Gasteiger partial charge >= 0.3 is 0 Å². The molecule has 3 rings (SSSR count). The van der Waals surface area contributed by atoms with Gasteiger partial charge in [-0.15, -0.1) is 11.8 Å².